The summed E-state index contributed by atoms with van der Waals surface area (Å²) >= 11 is 0. The molecule has 1 aromatic heterocycles. The van der Waals surface area contributed by atoms with E-state index in [1.54, 1.807) is 6.07 Å². The predicted octanol–water partition coefficient (Wildman–Crippen LogP) is 3.75. The number of hydrogen-bond acceptors (Lipinski definition) is 4. The highest BCUT2D eigenvalue weighted by Crippen LogP contribution is 2.34. The molecule has 4 rings (SSSR count). The Labute approximate surface area is 142 Å². The molecule has 1 atom stereocenters. The largest absolute Gasteiger partial charge is 0.507 e. The fourth-order valence-corrected chi connectivity index (χ4v) is 4.30. The maximum atomic E-state index is 12.4. The zero-order chi connectivity index (χ0) is 16.7. The van der Waals surface area contributed by atoms with Gasteiger partial charge in [0.15, 0.2) is 0 Å². The molecule has 0 amide bonds. The lowest BCUT2D eigenvalue weighted by atomic mass is 9.90. The van der Waals surface area contributed by atoms with Crippen LogP contribution in [0.2, 0.25) is 0 Å². The fraction of sp³-hybridized carbons (Fsp3) is 0.550. The molecular formula is C20H25NO3. The van der Waals surface area contributed by atoms with Gasteiger partial charge in [0.1, 0.15) is 11.3 Å². The van der Waals surface area contributed by atoms with E-state index in [4.69, 9.17) is 4.42 Å². The number of nitrogens with zero attached hydrogens (tertiary/aromatic N) is 1. The topological polar surface area (TPSA) is 53.7 Å². The van der Waals surface area contributed by atoms with E-state index in [-0.39, 0.29) is 11.4 Å². The van der Waals surface area contributed by atoms with Gasteiger partial charge in [-0.05, 0) is 69.7 Å². The minimum absolute atomic E-state index is 0.212. The summed E-state index contributed by atoms with van der Waals surface area (Å²) < 4.78 is 5.71. The quantitative estimate of drug-likeness (QED) is 0.854. The van der Waals surface area contributed by atoms with E-state index in [2.05, 4.69) is 11.8 Å². The Kier molecular flexibility index (Phi) is 4.09. The van der Waals surface area contributed by atoms with Gasteiger partial charge in [-0.2, -0.15) is 0 Å². The van der Waals surface area contributed by atoms with Gasteiger partial charge in [-0.15, -0.1) is 0 Å². The molecule has 0 saturated carbocycles. The number of rotatable bonds is 2. The molecule has 1 saturated heterocycles. The first kappa shape index (κ1) is 15.7. The molecule has 1 aromatic carbocycles. The lowest BCUT2D eigenvalue weighted by Gasteiger charge is -2.33. The minimum atomic E-state index is -0.212. The third-order valence-electron chi connectivity index (χ3n) is 5.77. The van der Waals surface area contributed by atoms with Crippen LogP contribution in [0.15, 0.2) is 21.3 Å². The van der Waals surface area contributed by atoms with Crippen LogP contribution in [-0.4, -0.2) is 22.6 Å². The van der Waals surface area contributed by atoms with Crippen molar-refractivity contribution in [3.8, 4) is 5.75 Å². The summed E-state index contributed by atoms with van der Waals surface area (Å²) in [4.78, 5) is 14.8. The Balaban J connectivity index is 1.84. The van der Waals surface area contributed by atoms with Crippen molar-refractivity contribution >= 4 is 11.0 Å². The maximum absolute atomic E-state index is 12.4. The van der Waals surface area contributed by atoms with Gasteiger partial charge in [0.25, 0.3) is 0 Å². The number of benzene rings is 1. The highest BCUT2D eigenvalue weighted by Gasteiger charge is 2.24. The van der Waals surface area contributed by atoms with Crippen LogP contribution >= 0.6 is 0 Å². The van der Waals surface area contributed by atoms with Crippen LogP contribution in [0.4, 0.5) is 0 Å². The van der Waals surface area contributed by atoms with Crippen LogP contribution in [0.25, 0.3) is 11.0 Å². The Morgan fingerprint density at radius 1 is 1.17 bits per heavy atom. The van der Waals surface area contributed by atoms with Crippen LogP contribution in [0.3, 0.4) is 0 Å². The van der Waals surface area contributed by atoms with E-state index in [9.17, 15) is 9.90 Å². The molecule has 1 fully saturated rings. The minimum Gasteiger partial charge on any atom is -0.507 e. The zero-order valence-corrected chi connectivity index (χ0v) is 14.3. The van der Waals surface area contributed by atoms with Gasteiger partial charge in [-0.25, -0.2) is 4.79 Å². The number of fused-ring (bicyclic) bond motifs is 3. The Bertz CT molecular complexity index is 824. The molecule has 2 aliphatic rings. The molecule has 0 bridgehead atoms. The van der Waals surface area contributed by atoms with Gasteiger partial charge in [0.05, 0.1) is 5.56 Å². The summed E-state index contributed by atoms with van der Waals surface area (Å²) in [5.41, 5.74) is 3.14. The van der Waals surface area contributed by atoms with Gasteiger partial charge < -0.3 is 9.52 Å². The number of likely N-dealkylation sites (tertiary alicyclic amines) is 1. The number of aryl methyl sites for hydroxylation is 1. The summed E-state index contributed by atoms with van der Waals surface area (Å²) in [7, 11) is 0. The van der Waals surface area contributed by atoms with Crippen LogP contribution in [0.5, 0.6) is 5.75 Å². The molecule has 1 N–H and O–H groups in total. The second kappa shape index (κ2) is 6.25. The Morgan fingerprint density at radius 2 is 1.96 bits per heavy atom. The van der Waals surface area contributed by atoms with E-state index in [1.807, 2.05) is 6.07 Å². The molecule has 2 aromatic rings. The molecule has 0 unspecified atom stereocenters. The lowest BCUT2D eigenvalue weighted by molar-refractivity contribution is 0.151. The van der Waals surface area contributed by atoms with Gasteiger partial charge >= 0.3 is 5.63 Å². The van der Waals surface area contributed by atoms with Gasteiger partial charge in [0.2, 0.25) is 0 Å². The van der Waals surface area contributed by atoms with E-state index in [0.29, 0.717) is 18.2 Å². The van der Waals surface area contributed by atoms with Crippen molar-refractivity contribution in [3.05, 3.63) is 39.2 Å². The van der Waals surface area contributed by atoms with E-state index in [1.165, 1.54) is 19.3 Å². The third-order valence-corrected chi connectivity index (χ3v) is 5.77. The first-order valence-corrected chi connectivity index (χ1v) is 9.18. The van der Waals surface area contributed by atoms with Crippen molar-refractivity contribution in [2.45, 2.75) is 64.5 Å². The predicted molar refractivity (Wildman–Crippen MR) is 94.5 cm³/mol. The van der Waals surface area contributed by atoms with Crippen LogP contribution < -0.4 is 5.63 Å². The SMILES string of the molecule is C[C@H]1CCCCN1Cc1c(O)ccc2c3c(c(=O)oc12)CCCC3. The molecule has 2 heterocycles. The first-order chi connectivity index (χ1) is 11.6. The normalized spacial score (nSPS) is 21.8. The average Bonchev–Trinajstić information content (AvgIpc) is 2.59. The van der Waals surface area contributed by atoms with Gasteiger partial charge in [0, 0.05) is 23.5 Å². The average molecular weight is 327 g/mol. The maximum Gasteiger partial charge on any atom is 0.339 e. The summed E-state index contributed by atoms with van der Waals surface area (Å²) in [6, 6.07) is 4.18. The van der Waals surface area contributed by atoms with Crippen molar-refractivity contribution in [1.29, 1.82) is 0 Å². The number of aromatic hydroxyl groups is 1. The summed E-state index contributed by atoms with van der Waals surface area (Å²) in [6.45, 7) is 3.91. The summed E-state index contributed by atoms with van der Waals surface area (Å²) in [6.07, 6.45) is 7.56. The highest BCUT2D eigenvalue weighted by atomic mass is 16.4. The number of phenols is 1. The van der Waals surface area contributed by atoms with Crippen molar-refractivity contribution in [1.82, 2.24) is 4.90 Å². The van der Waals surface area contributed by atoms with Gasteiger partial charge in [-0.3, -0.25) is 4.90 Å². The molecule has 0 radical (unpaired) electrons. The van der Waals surface area contributed by atoms with Gasteiger partial charge in [-0.1, -0.05) is 6.42 Å². The zero-order valence-electron chi connectivity index (χ0n) is 14.3. The monoisotopic (exact) mass is 327 g/mol. The molecular weight excluding hydrogens is 302 g/mol. The van der Waals surface area contributed by atoms with E-state index in [0.717, 1.165) is 54.3 Å². The van der Waals surface area contributed by atoms with E-state index < -0.39 is 0 Å². The molecule has 24 heavy (non-hydrogen) atoms. The molecule has 1 aliphatic carbocycles. The Hall–Kier alpha value is -1.81. The molecule has 4 nitrogen and oxygen atoms in total. The number of phenolic OH excluding ortho intramolecular Hbond substituents is 1. The molecule has 1 aliphatic heterocycles. The second-order valence-corrected chi connectivity index (χ2v) is 7.31. The van der Waals surface area contributed by atoms with Crippen LogP contribution in [-0.2, 0) is 19.4 Å². The smallest absolute Gasteiger partial charge is 0.339 e. The van der Waals surface area contributed by atoms with Crippen molar-refractivity contribution in [3.63, 3.8) is 0 Å². The van der Waals surface area contributed by atoms with Crippen molar-refractivity contribution in [2.24, 2.45) is 0 Å². The molecule has 128 valence electrons. The fourth-order valence-electron chi connectivity index (χ4n) is 4.30. The van der Waals surface area contributed by atoms with Crippen molar-refractivity contribution < 1.29 is 9.52 Å². The number of piperidine rings is 1. The number of hydrogen-bond donors (Lipinski definition) is 1. The molecule has 0 spiro atoms. The first-order valence-electron chi connectivity index (χ1n) is 9.18. The second-order valence-electron chi connectivity index (χ2n) is 7.31. The highest BCUT2D eigenvalue weighted by molar-refractivity contribution is 5.86. The van der Waals surface area contributed by atoms with Crippen molar-refractivity contribution in [2.75, 3.05) is 6.54 Å². The molecule has 4 heteroatoms. The standard InChI is InChI=1S/C20H25NO3/c1-13-6-4-5-11-21(13)12-17-18(22)10-9-15-14-7-2-3-8-16(14)20(23)24-19(15)17/h9-10,13,22H,2-8,11-12H2,1H3/t13-/m0/s1. The summed E-state index contributed by atoms with van der Waals surface area (Å²) in [5.74, 6) is 0.235. The Morgan fingerprint density at radius 3 is 2.75 bits per heavy atom. The third kappa shape index (κ3) is 2.63. The lowest BCUT2D eigenvalue weighted by Crippen LogP contribution is -2.36. The summed E-state index contributed by atoms with van der Waals surface area (Å²) in [5, 5.41) is 11.4. The van der Waals surface area contributed by atoms with Crippen LogP contribution in [0.1, 0.15) is 55.7 Å². The van der Waals surface area contributed by atoms with Crippen LogP contribution in [0, 0.1) is 0 Å². The van der Waals surface area contributed by atoms with E-state index >= 15 is 0 Å².